The summed E-state index contributed by atoms with van der Waals surface area (Å²) in [5.74, 6) is 7.36. The third-order valence-electron chi connectivity index (χ3n) is 19.9. The molecule has 0 aromatic heterocycles. The topological polar surface area (TPSA) is 34.1 Å². The van der Waals surface area contributed by atoms with Gasteiger partial charge >= 0.3 is 0 Å². The summed E-state index contributed by atoms with van der Waals surface area (Å²) in [5.41, 5.74) is -2.25. The van der Waals surface area contributed by atoms with Crippen molar-refractivity contribution in [2.45, 2.75) is 252 Å². The van der Waals surface area contributed by atoms with E-state index in [-0.39, 0.29) is 0 Å². The fourth-order valence-corrected chi connectivity index (χ4v) is 15.9. The summed E-state index contributed by atoms with van der Waals surface area (Å²) in [7, 11) is 0. The number of hydrogen-bond acceptors (Lipinski definition) is 2. The van der Waals surface area contributed by atoms with Crippen molar-refractivity contribution in [2.75, 3.05) is 0 Å². The first kappa shape index (κ1) is 44.3. The lowest BCUT2D eigenvalue weighted by Crippen LogP contribution is -2.69. The molecule has 4 heteroatoms. The molecule has 0 N–H and O–H groups in total. The van der Waals surface area contributed by atoms with Crippen molar-refractivity contribution in [3.8, 4) is 0 Å². The molecule has 0 aromatic carbocycles. The van der Waals surface area contributed by atoms with E-state index in [4.69, 9.17) is 0 Å². The Hall–Kier alpha value is -0.800. The second-order valence-electron chi connectivity index (χ2n) is 22.6. The highest BCUT2D eigenvalue weighted by Crippen LogP contribution is 2.67. The lowest BCUT2D eigenvalue weighted by molar-refractivity contribution is -0.194. The van der Waals surface area contributed by atoms with E-state index in [1.807, 2.05) is 0 Å². The molecule has 2 atom stereocenters. The maximum Gasteiger partial charge on any atom is 0.151 e. The monoisotopic (exact) mass is 795 g/mol. The average molecular weight is 795 g/mol. The van der Waals surface area contributed by atoms with Gasteiger partial charge in [-0.25, -0.2) is 8.78 Å². The standard InChI is InChI=1S/C27H45FO.C26H43FO/c1-3-5-7-21-8-10-22(11-9-21)23-14-18-27(19-15-23)24(28)26(25(27)29)16-12-20(6-4-2)13-17-26;1-3-5-6-20-7-9-21(10-8-20)22-13-17-26(18-14-22)23(27)25(24(26)28)15-11-19(4-2)12-16-25/h20-24H,3-19H2,1-2H3;19-23H,3-18H2,1-2H3/t20-,21?,22?,23?,24-,26+,27?;19?,20?,21?,22-,23-,25-,26+/m11/s1. The van der Waals surface area contributed by atoms with Crippen LogP contribution >= 0.6 is 0 Å². The van der Waals surface area contributed by atoms with Crippen molar-refractivity contribution in [3.05, 3.63) is 0 Å². The maximum absolute atomic E-state index is 15.7. The Morgan fingerprint density at radius 1 is 0.386 bits per heavy atom. The van der Waals surface area contributed by atoms with Gasteiger partial charge in [-0.05, 0) is 176 Å². The number of ketones is 2. The van der Waals surface area contributed by atoms with E-state index in [1.165, 1.54) is 109 Å². The molecule has 326 valence electrons. The van der Waals surface area contributed by atoms with Gasteiger partial charge in [0.1, 0.15) is 12.3 Å². The number of halogens is 2. The largest absolute Gasteiger partial charge is 0.298 e. The fraction of sp³-hybridized carbons (Fsp3) is 0.962. The zero-order valence-electron chi connectivity index (χ0n) is 37.7. The van der Waals surface area contributed by atoms with Crippen LogP contribution in [0.1, 0.15) is 240 Å². The third-order valence-corrected chi connectivity index (χ3v) is 19.9. The number of unbranched alkanes of at least 4 members (excludes halogenated alkanes) is 2. The van der Waals surface area contributed by atoms with Crippen LogP contribution in [-0.4, -0.2) is 23.9 Å². The van der Waals surface area contributed by atoms with Crippen molar-refractivity contribution in [1.82, 2.24) is 0 Å². The van der Waals surface area contributed by atoms with E-state index < -0.39 is 34.0 Å². The summed E-state index contributed by atoms with van der Waals surface area (Å²) in [6.07, 6.45) is 37.0. The second-order valence-corrected chi connectivity index (χ2v) is 22.6. The normalized spacial score (nSPS) is 46.1. The van der Waals surface area contributed by atoms with Gasteiger partial charge in [-0.2, -0.15) is 0 Å². The van der Waals surface area contributed by atoms with Gasteiger partial charge in [0.2, 0.25) is 0 Å². The maximum atomic E-state index is 15.7. The molecule has 8 saturated carbocycles. The molecule has 8 aliphatic rings. The molecule has 0 unspecified atom stereocenters. The van der Waals surface area contributed by atoms with Crippen LogP contribution in [-0.2, 0) is 9.59 Å². The minimum Gasteiger partial charge on any atom is -0.298 e. The molecule has 4 spiro atoms. The Balaban J connectivity index is 0.000000174. The average Bonchev–Trinajstić information content (AvgIpc) is 3.28. The van der Waals surface area contributed by atoms with Gasteiger partial charge in [0.15, 0.2) is 11.6 Å². The van der Waals surface area contributed by atoms with Crippen LogP contribution in [0, 0.1) is 69.0 Å². The molecule has 57 heavy (non-hydrogen) atoms. The molecule has 0 radical (unpaired) electrons. The van der Waals surface area contributed by atoms with Gasteiger partial charge in [-0.3, -0.25) is 9.59 Å². The van der Waals surface area contributed by atoms with E-state index in [1.54, 1.807) is 0 Å². The van der Waals surface area contributed by atoms with Gasteiger partial charge in [-0.1, -0.05) is 111 Å². The Bertz CT molecular complexity index is 1270. The van der Waals surface area contributed by atoms with Crippen molar-refractivity contribution >= 4 is 11.6 Å². The van der Waals surface area contributed by atoms with Gasteiger partial charge in [0.05, 0.1) is 21.7 Å². The molecular formula is C53H88F2O2. The number of Topliss-reactive ketones (excluding diaryl/α,β-unsaturated/α-hetero) is 2. The van der Waals surface area contributed by atoms with Crippen molar-refractivity contribution in [2.24, 2.45) is 69.0 Å². The first-order valence-electron chi connectivity index (χ1n) is 26.0. The lowest BCUT2D eigenvalue weighted by atomic mass is 9.41. The highest BCUT2D eigenvalue weighted by atomic mass is 19.1. The third kappa shape index (κ3) is 8.42. The zero-order valence-corrected chi connectivity index (χ0v) is 37.7. The first-order valence-corrected chi connectivity index (χ1v) is 26.0. The molecule has 0 amide bonds. The summed E-state index contributed by atoms with van der Waals surface area (Å²) in [6, 6.07) is 0. The first-order chi connectivity index (χ1) is 27.6. The molecule has 0 aliphatic heterocycles. The molecule has 0 heterocycles. The minimum atomic E-state index is -0.837. The van der Waals surface area contributed by atoms with Crippen molar-refractivity contribution in [3.63, 3.8) is 0 Å². The van der Waals surface area contributed by atoms with E-state index in [9.17, 15) is 9.59 Å². The van der Waals surface area contributed by atoms with Crippen LogP contribution in [0.4, 0.5) is 8.78 Å². The molecule has 0 bridgehead atoms. The van der Waals surface area contributed by atoms with Crippen molar-refractivity contribution < 1.29 is 18.4 Å². The number of carbonyl (C=O) groups is 2. The molecule has 2 nitrogen and oxygen atoms in total. The van der Waals surface area contributed by atoms with Gasteiger partial charge in [-0.15, -0.1) is 0 Å². The van der Waals surface area contributed by atoms with E-state index in [2.05, 4.69) is 27.7 Å². The summed E-state index contributed by atoms with van der Waals surface area (Å²) in [6.45, 7) is 9.06. The molecule has 0 saturated heterocycles. The fourth-order valence-electron chi connectivity index (χ4n) is 15.9. The number of alkyl halides is 2. The Morgan fingerprint density at radius 2 is 0.684 bits per heavy atom. The molecule has 0 aromatic rings. The highest BCUT2D eigenvalue weighted by molar-refractivity contribution is 5.99. The SMILES string of the molecule is CCCCC1CCC(C2CCC3(CC2)C(=O)[C@]2(CC[C@@H](CCC)CC2)[C@H]3F)CC1.CCCCC1CCC([C@H]2CC[C@]3(CC2)C(=O)[C@@]2(CCC(CC)CC2)[C@H]3F)CC1. The van der Waals surface area contributed by atoms with E-state index in [0.717, 1.165) is 150 Å². The summed E-state index contributed by atoms with van der Waals surface area (Å²) in [5, 5.41) is 0. The summed E-state index contributed by atoms with van der Waals surface area (Å²) < 4.78 is 31.3. The second kappa shape index (κ2) is 19.1. The smallest absolute Gasteiger partial charge is 0.151 e. The Kier molecular flexibility index (Phi) is 14.8. The lowest BCUT2D eigenvalue weighted by Gasteiger charge is -2.61. The number of carbonyl (C=O) groups excluding carboxylic acids is 2. The minimum absolute atomic E-state index is 0.351. The molecular weight excluding hydrogens is 707 g/mol. The number of hydrogen-bond donors (Lipinski definition) is 0. The molecule has 8 aliphatic carbocycles. The van der Waals surface area contributed by atoms with Gasteiger partial charge in [0, 0.05) is 0 Å². The summed E-state index contributed by atoms with van der Waals surface area (Å²) in [4.78, 5) is 26.7. The number of rotatable bonds is 11. The highest BCUT2D eigenvalue weighted by Gasteiger charge is 2.73. The van der Waals surface area contributed by atoms with Gasteiger partial charge in [0.25, 0.3) is 0 Å². The predicted molar refractivity (Wildman–Crippen MR) is 233 cm³/mol. The van der Waals surface area contributed by atoms with Crippen LogP contribution in [0.15, 0.2) is 0 Å². The quantitative estimate of drug-likeness (QED) is 0.209. The molecule has 8 rings (SSSR count). The van der Waals surface area contributed by atoms with Crippen LogP contribution in [0.3, 0.4) is 0 Å². The van der Waals surface area contributed by atoms with Crippen LogP contribution in [0.5, 0.6) is 0 Å². The Labute approximate surface area is 349 Å². The Morgan fingerprint density at radius 3 is 0.982 bits per heavy atom. The van der Waals surface area contributed by atoms with Gasteiger partial charge < -0.3 is 0 Å². The van der Waals surface area contributed by atoms with E-state index in [0.29, 0.717) is 11.6 Å². The van der Waals surface area contributed by atoms with Crippen molar-refractivity contribution in [1.29, 1.82) is 0 Å². The summed E-state index contributed by atoms with van der Waals surface area (Å²) >= 11 is 0. The van der Waals surface area contributed by atoms with E-state index >= 15 is 8.78 Å². The van der Waals surface area contributed by atoms with Crippen LogP contribution in [0.25, 0.3) is 0 Å². The van der Waals surface area contributed by atoms with Crippen LogP contribution < -0.4 is 0 Å². The molecule has 8 fully saturated rings. The zero-order chi connectivity index (χ0) is 40.3. The predicted octanol–water partition coefficient (Wildman–Crippen LogP) is 15.7. The van der Waals surface area contributed by atoms with Crippen LogP contribution in [0.2, 0.25) is 0 Å².